The Kier molecular flexibility index (Phi) is 5.40. The van der Waals surface area contributed by atoms with Crippen molar-refractivity contribution in [1.82, 2.24) is 19.4 Å². The fourth-order valence-electron chi connectivity index (χ4n) is 3.00. The van der Waals surface area contributed by atoms with Gasteiger partial charge in [-0.25, -0.2) is 13.1 Å². The maximum absolute atomic E-state index is 12.0. The minimum Gasteiger partial charge on any atom is -0.302 e. The molecular weight excluding hydrogens is 288 g/mol. The third kappa shape index (κ3) is 4.28. The van der Waals surface area contributed by atoms with Gasteiger partial charge in [-0.05, 0) is 31.4 Å². The van der Waals surface area contributed by atoms with E-state index < -0.39 is 10.0 Å². The standard InChI is InChI=1S/C14H26N4O2S/c1-4-16-21(19,20)14-6-8-18(11-14)10-12(2)9-13-5-7-15-17(13)3/h5,7,12,14,16H,4,6,8-11H2,1-3H3/t12-,14+/m0/s1. The summed E-state index contributed by atoms with van der Waals surface area (Å²) in [6.07, 6.45) is 3.52. The molecule has 1 aromatic heterocycles. The van der Waals surface area contributed by atoms with Gasteiger partial charge in [-0.15, -0.1) is 0 Å². The SMILES string of the molecule is CCNS(=O)(=O)[C@@H]1CCN(C[C@@H](C)Cc2ccnn2C)C1. The molecule has 1 aliphatic heterocycles. The molecule has 1 aromatic rings. The van der Waals surface area contributed by atoms with Gasteiger partial charge in [-0.2, -0.15) is 5.10 Å². The second-order valence-corrected chi connectivity index (χ2v) is 8.01. The van der Waals surface area contributed by atoms with Gasteiger partial charge in [0.2, 0.25) is 10.0 Å². The Morgan fingerprint density at radius 2 is 2.29 bits per heavy atom. The first kappa shape index (κ1) is 16.5. The lowest BCUT2D eigenvalue weighted by Gasteiger charge is -2.21. The summed E-state index contributed by atoms with van der Waals surface area (Å²) < 4.78 is 28.5. The molecule has 21 heavy (non-hydrogen) atoms. The molecule has 0 amide bonds. The molecule has 1 aliphatic rings. The highest BCUT2D eigenvalue weighted by molar-refractivity contribution is 7.90. The van der Waals surface area contributed by atoms with Crippen LogP contribution in [-0.2, 0) is 23.5 Å². The van der Waals surface area contributed by atoms with Gasteiger partial charge in [-0.3, -0.25) is 4.68 Å². The normalized spacial score (nSPS) is 21.8. The molecule has 0 radical (unpaired) electrons. The molecule has 1 N–H and O–H groups in total. The molecule has 1 fully saturated rings. The zero-order chi connectivity index (χ0) is 15.5. The summed E-state index contributed by atoms with van der Waals surface area (Å²) in [4.78, 5) is 2.26. The average Bonchev–Trinajstić information content (AvgIpc) is 3.00. The lowest BCUT2D eigenvalue weighted by molar-refractivity contribution is 0.285. The number of hydrogen-bond acceptors (Lipinski definition) is 4. The summed E-state index contributed by atoms with van der Waals surface area (Å²) in [5, 5.41) is 3.92. The average molecular weight is 314 g/mol. The van der Waals surface area contributed by atoms with Crippen molar-refractivity contribution in [3.63, 3.8) is 0 Å². The van der Waals surface area contributed by atoms with Gasteiger partial charge >= 0.3 is 0 Å². The number of aryl methyl sites for hydroxylation is 1. The Labute approximate surface area is 127 Å². The molecule has 0 spiro atoms. The molecule has 0 aromatic carbocycles. The molecular formula is C14H26N4O2S. The molecule has 0 saturated carbocycles. The van der Waals surface area contributed by atoms with E-state index in [0.29, 0.717) is 19.0 Å². The van der Waals surface area contributed by atoms with Crippen molar-refractivity contribution >= 4 is 10.0 Å². The molecule has 2 rings (SSSR count). The van der Waals surface area contributed by atoms with E-state index in [-0.39, 0.29) is 5.25 Å². The van der Waals surface area contributed by atoms with Crippen molar-refractivity contribution in [3.8, 4) is 0 Å². The van der Waals surface area contributed by atoms with Crippen LogP contribution in [0.3, 0.4) is 0 Å². The third-order valence-electron chi connectivity index (χ3n) is 4.06. The summed E-state index contributed by atoms with van der Waals surface area (Å²) in [5.74, 6) is 0.487. The van der Waals surface area contributed by atoms with Crippen LogP contribution < -0.4 is 4.72 Å². The van der Waals surface area contributed by atoms with Crippen LogP contribution in [0, 0.1) is 5.92 Å². The highest BCUT2D eigenvalue weighted by Crippen LogP contribution is 2.18. The number of nitrogens with zero attached hydrogens (tertiary/aromatic N) is 3. The van der Waals surface area contributed by atoms with Crippen LogP contribution >= 0.6 is 0 Å². The minimum atomic E-state index is -3.14. The predicted octanol–water partition coefficient (Wildman–Crippen LogP) is 0.612. The summed E-state index contributed by atoms with van der Waals surface area (Å²) in [6, 6.07) is 2.04. The molecule has 120 valence electrons. The van der Waals surface area contributed by atoms with Gasteiger partial charge in [0.05, 0.1) is 5.25 Å². The van der Waals surface area contributed by atoms with Crippen LogP contribution in [0.1, 0.15) is 26.0 Å². The Bertz CT molecular complexity index is 555. The molecule has 0 bridgehead atoms. The number of rotatable bonds is 7. The number of hydrogen-bond donors (Lipinski definition) is 1. The highest BCUT2D eigenvalue weighted by Gasteiger charge is 2.32. The van der Waals surface area contributed by atoms with Crippen LogP contribution in [0.4, 0.5) is 0 Å². The van der Waals surface area contributed by atoms with Crippen LogP contribution in [0.25, 0.3) is 0 Å². The summed E-state index contributed by atoms with van der Waals surface area (Å²) in [5.41, 5.74) is 1.22. The first-order valence-corrected chi connectivity index (χ1v) is 9.14. The zero-order valence-electron chi connectivity index (χ0n) is 13.1. The molecule has 6 nitrogen and oxygen atoms in total. The van der Waals surface area contributed by atoms with E-state index in [2.05, 4.69) is 21.6 Å². The zero-order valence-corrected chi connectivity index (χ0v) is 13.9. The largest absolute Gasteiger partial charge is 0.302 e. The van der Waals surface area contributed by atoms with Crippen LogP contribution in [0.2, 0.25) is 0 Å². The van der Waals surface area contributed by atoms with Gasteiger partial charge in [0.25, 0.3) is 0 Å². The van der Waals surface area contributed by atoms with E-state index in [1.54, 1.807) is 0 Å². The summed E-state index contributed by atoms with van der Waals surface area (Å²) in [6.45, 7) is 6.94. The molecule has 1 saturated heterocycles. The smallest absolute Gasteiger partial charge is 0.215 e. The second kappa shape index (κ2) is 6.89. The van der Waals surface area contributed by atoms with Crippen LogP contribution in [-0.4, -0.2) is 54.5 Å². The summed E-state index contributed by atoms with van der Waals surface area (Å²) in [7, 11) is -1.19. The first-order valence-electron chi connectivity index (χ1n) is 7.60. The molecule has 0 aliphatic carbocycles. The second-order valence-electron chi connectivity index (χ2n) is 5.97. The lowest BCUT2D eigenvalue weighted by atomic mass is 10.1. The molecule has 0 unspecified atom stereocenters. The van der Waals surface area contributed by atoms with Crippen molar-refractivity contribution in [2.24, 2.45) is 13.0 Å². The lowest BCUT2D eigenvalue weighted by Crippen LogP contribution is -2.37. The summed E-state index contributed by atoms with van der Waals surface area (Å²) >= 11 is 0. The Morgan fingerprint density at radius 1 is 1.52 bits per heavy atom. The van der Waals surface area contributed by atoms with Crippen LogP contribution in [0.15, 0.2) is 12.3 Å². The van der Waals surface area contributed by atoms with E-state index in [9.17, 15) is 8.42 Å². The number of nitrogens with one attached hydrogen (secondary N) is 1. The molecule has 2 heterocycles. The van der Waals surface area contributed by atoms with E-state index in [0.717, 1.165) is 25.9 Å². The topological polar surface area (TPSA) is 67.2 Å². The van der Waals surface area contributed by atoms with Gasteiger partial charge < -0.3 is 4.90 Å². The van der Waals surface area contributed by atoms with Gasteiger partial charge in [-0.1, -0.05) is 13.8 Å². The maximum atomic E-state index is 12.0. The van der Waals surface area contributed by atoms with Crippen molar-refractivity contribution in [1.29, 1.82) is 0 Å². The van der Waals surface area contributed by atoms with Crippen molar-refractivity contribution in [2.45, 2.75) is 31.9 Å². The Balaban J connectivity index is 1.84. The van der Waals surface area contributed by atoms with E-state index >= 15 is 0 Å². The monoisotopic (exact) mass is 314 g/mol. The van der Waals surface area contributed by atoms with Gasteiger partial charge in [0.15, 0.2) is 0 Å². The Morgan fingerprint density at radius 3 is 2.90 bits per heavy atom. The van der Waals surface area contributed by atoms with Crippen molar-refractivity contribution in [2.75, 3.05) is 26.2 Å². The van der Waals surface area contributed by atoms with Crippen molar-refractivity contribution < 1.29 is 8.42 Å². The van der Waals surface area contributed by atoms with Gasteiger partial charge in [0, 0.05) is 38.6 Å². The number of likely N-dealkylation sites (tertiary alicyclic amines) is 1. The van der Waals surface area contributed by atoms with Crippen LogP contribution in [0.5, 0.6) is 0 Å². The Hall–Kier alpha value is -0.920. The minimum absolute atomic E-state index is 0.263. The van der Waals surface area contributed by atoms with Gasteiger partial charge in [0.1, 0.15) is 0 Å². The van der Waals surface area contributed by atoms with E-state index in [4.69, 9.17) is 0 Å². The molecule has 2 atom stereocenters. The fourth-order valence-corrected chi connectivity index (χ4v) is 4.46. The third-order valence-corrected chi connectivity index (χ3v) is 6.02. The maximum Gasteiger partial charge on any atom is 0.215 e. The van der Waals surface area contributed by atoms with Crippen molar-refractivity contribution in [3.05, 3.63) is 18.0 Å². The van der Waals surface area contributed by atoms with E-state index in [1.807, 2.05) is 30.9 Å². The van der Waals surface area contributed by atoms with E-state index in [1.165, 1.54) is 5.69 Å². The predicted molar refractivity (Wildman–Crippen MR) is 83.5 cm³/mol. The number of sulfonamides is 1. The molecule has 7 heteroatoms. The number of aromatic nitrogens is 2. The highest BCUT2D eigenvalue weighted by atomic mass is 32.2. The quantitative estimate of drug-likeness (QED) is 0.801. The first-order chi connectivity index (χ1) is 9.92. The fraction of sp³-hybridized carbons (Fsp3) is 0.786.